The average molecular weight is 743 g/mol. The monoisotopic (exact) mass is 743 g/mol. The highest BCUT2D eigenvalue weighted by atomic mass is 16.2. The zero-order chi connectivity index (χ0) is 41.4. The predicted molar refractivity (Wildman–Crippen MR) is 220 cm³/mol. The van der Waals surface area contributed by atoms with Crippen LogP contribution in [0.25, 0.3) is 0 Å². The Balaban J connectivity index is 0.00000102. The molecular weight excluding hydrogens is 665 g/mol. The fraction of sp³-hybridized carbons (Fsp3) is 0.750. The van der Waals surface area contributed by atoms with E-state index in [4.69, 9.17) is 5.73 Å². The van der Waals surface area contributed by atoms with Crippen LogP contribution in [0.1, 0.15) is 154 Å². The van der Waals surface area contributed by atoms with Crippen molar-refractivity contribution < 1.29 is 24.0 Å². The van der Waals surface area contributed by atoms with Gasteiger partial charge in [0.15, 0.2) is 11.6 Å². The summed E-state index contributed by atoms with van der Waals surface area (Å²) >= 11 is 0. The van der Waals surface area contributed by atoms with E-state index in [9.17, 15) is 24.0 Å². The van der Waals surface area contributed by atoms with Gasteiger partial charge in [-0.15, -0.1) is 0 Å². The lowest BCUT2D eigenvalue weighted by Crippen LogP contribution is -2.51. The molecule has 0 saturated carbocycles. The zero-order valence-electron chi connectivity index (χ0n) is 36.3. The van der Waals surface area contributed by atoms with E-state index in [0.29, 0.717) is 32.2 Å². The highest BCUT2D eigenvalue weighted by Gasteiger charge is 2.35. The molecule has 9 nitrogen and oxygen atoms in total. The molecule has 4 atom stereocenters. The summed E-state index contributed by atoms with van der Waals surface area (Å²) in [5.74, 6) is 0.121. The van der Waals surface area contributed by atoms with Gasteiger partial charge in [0, 0.05) is 53.1 Å². The minimum Gasteiger partial charge on any atom is -0.352 e. The summed E-state index contributed by atoms with van der Waals surface area (Å²) in [6, 6.07) is 8.97. The quantitative estimate of drug-likeness (QED) is 0.0981. The van der Waals surface area contributed by atoms with Crippen LogP contribution in [-0.2, 0) is 25.6 Å². The molecule has 1 aromatic carbocycles. The molecular formula is C44H78N4O5. The maximum Gasteiger partial charge on any atom is 0.312 e. The van der Waals surface area contributed by atoms with Crippen LogP contribution in [0.4, 0.5) is 4.79 Å². The van der Waals surface area contributed by atoms with Crippen molar-refractivity contribution in [2.24, 2.45) is 34.3 Å². The molecule has 4 unspecified atom stereocenters. The minimum absolute atomic E-state index is 0.0698. The smallest absolute Gasteiger partial charge is 0.312 e. The minimum atomic E-state index is -0.575. The molecule has 0 aliphatic carbocycles. The van der Waals surface area contributed by atoms with Crippen molar-refractivity contribution in [1.82, 2.24) is 16.0 Å². The van der Waals surface area contributed by atoms with E-state index in [1.807, 2.05) is 94.4 Å². The van der Waals surface area contributed by atoms with Crippen LogP contribution >= 0.6 is 0 Å². The fourth-order valence-electron chi connectivity index (χ4n) is 6.35. The van der Waals surface area contributed by atoms with Crippen molar-refractivity contribution >= 4 is 29.2 Å². The van der Waals surface area contributed by atoms with Gasteiger partial charge in [-0.3, -0.25) is 19.2 Å². The van der Waals surface area contributed by atoms with Gasteiger partial charge < -0.3 is 21.7 Å². The van der Waals surface area contributed by atoms with Gasteiger partial charge in [0.05, 0.1) is 12.1 Å². The number of nitrogens with one attached hydrogen (secondary N) is 3. The molecule has 0 heterocycles. The molecule has 0 saturated heterocycles. The second-order valence-electron chi connectivity index (χ2n) is 19.3. The highest BCUT2D eigenvalue weighted by molar-refractivity contribution is 5.93. The molecule has 0 fully saturated rings. The number of nitrogens with two attached hydrogens (primary N) is 1. The molecule has 2 amide bonds. The van der Waals surface area contributed by atoms with Crippen molar-refractivity contribution in [2.45, 2.75) is 178 Å². The number of hydrogen-bond acceptors (Lipinski definition) is 7. The number of Topliss-reactive ketones (excluding diaryl/α,β-unsaturated/α-hetero) is 4. The van der Waals surface area contributed by atoms with E-state index in [1.165, 1.54) is 0 Å². The van der Waals surface area contributed by atoms with Crippen LogP contribution in [0.15, 0.2) is 30.3 Å². The molecule has 1 rings (SSSR count). The van der Waals surface area contributed by atoms with Crippen molar-refractivity contribution in [3.8, 4) is 0 Å². The van der Waals surface area contributed by atoms with Gasteiger partial charge in [-0.2, -0.15) is 0 Å². The third-order valence-electron chi connectivity index (χ3n) is 8.93. The molecule has 5 N–H and O–H groups in total. The van der Waals surface area contributed by atoms with Crippen molar-refractivity contribution in [3.63, 3.8) is 0 Å². The Bertz CT molecular complexity index is 1280. The number of carbonyl (C=O) groups is 5. The van der Waals surface area contributed by atoms with Gasteiger partial charge in [0.25, 0.3) is 0 Å². The van der Waals surface area contributed by atoms with Crippen LogP contribution in [0.3, 0.4) is 0 Å². The van der Waals surface area contributed by atoms with Crippen LogP contribution in [0.5, 0.6) is 0 Å². The lowest BCUT2D eigenvalue weighted by atomic mass is 9.77. The van der Waals surface area contributed by atoms with E-state index in [1.54, 1.807) is 0 Å². The number of urea groups is 1. The number of carbonyl (C=O) groups excluding carboxylic acids is 5. The van der Waals surface area contributed by atoms with Gasteiger partial charge in [0.1, 0.15) is 11.6 Å². The SMILES string of the molecule is CC(C)C(NC(C)(C)C)C(=O)CC(CCCNC(N)=O)C(=O)C(C)(C)C.CCCCC(CC(=O)C(Cc1ccccc1)NC(C)(C)C)C(=O)C(C)(C)C. The molecule has 0 spiro atoms. The number of ketones is 4. The van der Waals surface area contributed by atoms with Gasteiger partial charge in [-0.05, 0) is 78.7 Å². The molecule has 9 heteroatoms. The number of unbranched alkanes of at least 4 members (excludes halogenated alkanes) is 1. The summed E-state index contributed by atoms with van der Waals surface area (Å²) in [4.78, 5) is 62.7. The predicted octanol–water partition coefficient (Wildman–Crippen LogP) is 8.40. The molecule has 53 heavy (non-hydrogen) atoms. The van der Waals surface area contributed by atoms with E-state index < -0.39 is 16.9 Å². The first-order valence-corrected chi connectivity index (χ1v) is 19.9. The third kappa shape index (κ3) is 22.2. The van der Waals surface area contributed by atoms with Gasteiger partial charge in [-0.25, -0.2) is 4.79 Å². The molecule has 1 aromatic rings. The summed E-state index contributed by atoms with van der Waals surface area (Å²) in [6.07, 6.45) is 5.19. The van der Waals surface area contributed by atoms with E-state index >= 15 is 0 Å². The second kappa shape index (κ2) is 22.5. The first-order chi connectivity index (χ1) is 24.1. The van der Waals surface area contributed by atoms with Crippen molar-refractivity contribution in [2.75, 3.05) is 6.54 Å². The maximum absolute atomic E-state index is 13.2. The van der Waals surface area contributed by atoms with E-state index in [0.717, 1.165) is 24.8 Å². The standard InChI is InChI=1S/C24H39NO2.C20H39N3O3/c1-8-9-15-19(22(27)23(2,3)4)17-21(26)20(25-24(5,6)7)16-18-13-11-10-12-14-18;1-13(2)16(23-20(6,7)8)15(24)12-14(17(25)19(3,4)5)10-9-11-22-18(21)26/h10-14,19-20,25H,8-9,15-17H2,1-7H3;13-14,16,23H,9-12H2,1-8H3,(H3,21,22,26). The normalized spacial score (nSPS) is 14.7. The maximum atomic E-state index is 13.2. The summed E-state index contributed by atoms with van der Waals surface area (Å²) < 4.78 is 0. The first kappa shape index (κ1) is 50.1. The Kier molecular flexibility index (Phi) is 21.2. The lowest BCUT2D eigenvalue weighted by Gasteiger charge is -2.32. The van der Waals surface area contributed by atoms with Crippen LogP contribution < -0.4 is 21.7 Å². The van der Waals surface area contributed by atoms with Gasteiger partial charge in [-0.1, -0.05) is 105 Å². The molecule has 0 aromatic heterocycles. The fourth-order valence-corrected chi connectivity index (χ4v) is 6.35. The number of hydrogen-bond donors (Lipinski definition) is 4. The Morgan fingerprint density at radius 1 is 0.660 bits per heavy atom. The second-order valence-corrected chi connectivity index (χ2v) is 19.3. The summed E-state index contributed by atoms with van der Waals surface area (Å²) in [6.45, 7) is 30.4. The Labute approximate surface area is 323 Å². The third-order valence-corrected chi connectivity index (χ3v) is 8.93. The molecule has 0 bridgehead atoms. The zero-order valence-corrected chi connectivity index (χ0v) is 36.3. The average Bonchev–Trinajstić information content (AvgIpc) is 3.00. The molecule has 304 valence electrons. The summed E-state index contributed by atoms with van der Waals surface area (Å²) in [5, 5.41) is 9.40. The molecule has 0 aliphatic rings. The Morgan fingerprint density at radius 3 is 1.51 bits per heavy atom. The number of benzene rings is 1. The molecule has 0 aliphatic heterocycles. The first-order valence-electron chi connectivity index (χ1n) is 19.9. The van der Waals surface area contributed by atoms with Gasteiger partial charge in [0.2, 0.25) is 0 Å². The summed E-state index contributed by atoms with van der Waals surface area (Å²) in [5.41, 5.74) is 4.95. The van der Waals surface area contributed by atoms with Gasteiger partial charge >= 0.3 is 6.03 Å². The highest BCUT2D eigenvalue weighted by Crippen LogP contribution is 2.28. The number of rotatable bonds is 20. The van der Waals surface area contributed by atoms with Crippen molar-refractivity contribution in [1.29, 1.82) is 0 Å². The Morgan fingerprint density at radius 2 is 1.11 bits per heavy atom. The molecule has 0 radical (unpaired) electrons. The topological polar surface area (TPSA) is 147 Å². The number of amides is 2. The van der Waals surface area contributed by atoms with E-state index in [2.05, 4.69) is 55.8 Å². The largest absolute Gasteiger partial charge is 0.352 e. The summed E-state index contributed by atoms with van der Waals surface area (Å²) in [7, 11) is 0. The van der Waals surface area contributed by atoms with Crippen LogP contribution in [0.2, 0.25) is 0 Å². The lowest BCUT2D eigenvalue weighted by molar-refractivity contribution is -0.134. The van der Waals surface area contributed by atoms with E-state index in [-0.39, 0.29) is 70.5 Å². The van der Waals surface area contributed by atoms with Crippen LogP contribution in [-0.4, -0.2) is 58.9 Å². The van der Waals surface area contributed by atoms with Crippen LogP contribution in [0, 0.1) is 28.6 Å². The Hall–Kier alpha value is -2.91. The number of primary amides is 1. The van der Waals surface area contributed by atoms with Crippen molar-refractivity contribution in [3.05, 3.63) is 35.9 Å².